The Hall–Kier alpha value is -1.71. The number of carbonyl (C=O) groups excluding carboxylic acids is 1. The number of rotatable bonds is 6. The van der Waals surface area contributed by atoms with Gasteiger partial charge in [-0.05, 0) is 49.2 Å². The van der Waals surface area contributed by atoms with Crippen LogP contribution in [0.1, 0.15) is 18.4 Å². The summed E-state index contributed by atoms with van der Waals surface area (Å²) in [5.74, 6) is 0.730. The first-order valence-electron chi connectivity index (χ1n) is 6.98. The molecule has 0 bridgehead atoms. The number of hydrogen-bond acceptors (Lipinski definition) is 2. The molecule has 2 rings (SSSR count). The minimum absolute atomic E-state index is 0.0915. The van der Waals surface area contributed by atoms with Crippen LogP contribution in [0.25, 0.3) is 0 Å². The highest BCUT2D eigenvalue weighted by Crippen LogP contribution is 2.22. The van der Waals surface area contributed by atoms with Crippen molar-refractivity contribution in [2.45, 2.75) is 19.8 Å². The minimum atomic E-state index is -0.0915. The number of benzene rings is 2. The van der Waals surface area contributed by atoms with Crippen LogP contribution in [0, 0.1) is 6.92 Å². The lowest BCUT2D eigenvalue weighted by Crippen LogP contribution is -2.12. The second-order valence-electron chi connectivity index (χ2n) is 4.97. The molecule has 1 N–H and O–H groups in total. The number of anilines is 1. The Morgan fingerprint density at radius 2 is 1.86 bits per heavy atom. The van der Waals surface area contributed by atoms with Gasteiger partial charge in [-0.3, -0.25) is 4.79 Å². The molecular weight excluding hydrogens is 321 g/mol. The van der Waals surface area contributed by atoms with Gasteiger partial charge in [0.25, 0.3) is 0 Å². The fourth-order valence-electron chi connectivity index (χ4n) is 1.98. The Kier molecular flexibility index (Phi) is 6.10. The summed E-state index contributed by atoms with van der Waals surface area (Å²) >= 11 is 11.8. The van der Waals surface area contributed by atoms with Gasteiger partial charge in [0.15, 0.2) is 0 Å². The lowest BCUT2D eigenvalue weighted by atomic mass is 10.2. The Labute approximate surface area is 140 Å². The number of hydrogen-bond donors (Lipinski definition) is 1. The van der Waals surface area contributed by atoms with Crippen LogP contribution in [-0.2, 0) is 4.79 Å². The third-order valence-electron chi connectivity index (χ3n) is 2.95. The van der Waals surface area contributed by atoms with E-state index in [2.05, 4.69) is 5.32 Å². The minimum Gasteiger partial charge on any atom is -0.494 e. The van der Waals surface area contributed by atoms with E-state index in [4.69, 9.17) is 27.9 Å². The van der Waals surface area contributed by atoms with E-state index in [9.17, 15) is 4.79 Å². The molecule has 0 fully saturated rings. The molecule has 22 heavy (non-hydrogen) atoms. The Morgan fingerprint density at radius 3 is 2.55 bits per heavy atom. The molecule has 0 aliphatic heterocycles. The summed E-state index contributed by atoms with van der Waals surface area (Å²) in [6.45, 7) is 2.50. The first-order chi connectivity index (χ1) is 10.5. The van der Waals surface area contributed by atoms with Gasteiger partial charge in [-0.15, -0.1) is 0 Å². The van der Waals surface area contributed by atoms with Crippen molar-refractivity contribution >= 4 is 34.8 Å². The van der Waals surface area contributed by atoms with Gasteiger partial charge in [-0.2, -0.15) is 0 Å². The van der Waals surface area contributed by atoms with E-state index in [0.717, 1.165) is 11.3 Å². The highest BCUT2D eigenvalue weighted by molar-refractivity contribution is 6.35. The average Bonchev–Trinajstić information content (AvgIpc) is 2.42. The van der Waals surface area contributed by atoms with E-state index in [1.807, 2.05) is 31.2 Å². The summed E-state index contributed by atoms with van der Waals surface area (Å²) in [5, 5.41) is 3.75. The normalized spacial score (nSPS) is 10.3. The van der Waals surface area contributed by atoms with Crippen LogP contribution in [0.2, 0.25) is 10.0 Å². The van der Waals surface area contributed by atoms with Gasteiger partial charge in [0.05, 0.1) is 6.61 Å². The second-order valence-corrected chi connectivity index (χ2v) is 5.85. The zero-order valence-corrected chi connectivity index (χ0v) is 13.7. The van der Waals surface area contributed by atoms with Gasteiger partial charge >= 0.3 is 0 Å². The van der Waals surface area contributed by atoms with Crippen LogP contribution in [0.4, 0.5) is 5.69 Å². The average molecular weight is 338 g/mol. The summed E-state index contributed by atoms with van der Waals surface area (Å²) in [7, 11) is 0. The third-order valence-corrected chi connectivity index (χ3v) is 3.39. The van der Waals surface area contributed by atoms with E-state index >= 15 is 0 Å². The number of amides is 1. The molecule has 0 atom stereocenters. The zero-order valence-electron chi connectivity index (χ0n) is 12.2. The van der Waals surface area contributed by atoms with Crippen LogP contribution in [0.15, 0.2) is 42.5 Å². The van der Waals surface area contributed by atoms with E-state index in [1.54, 1.807) is 18.2 Å². The number of nitrogens with one attached hydrogen (secondary N) is 1. The van der Waals surface area contributed by atoms with Gasteiger partial charge in [0, 0.05) is 22.2 Å². The number of halogens is 2. The highest BCUT2D eigenvalue weighted by atomic mass is 35.5. The monoisotopic (exact) mass is 337 g/mol. The number of aryl methyl sites for hydroxylation is 1. The van der Waals surface area contributed by atoms with E-state index < -0.39 is 0 Å². The molecule has 0 heterocycles. The lowest BCUT2D eigenvalue weighted by Gasteiger charge is -2.08. The van der Waals surface area contributed by atoms with Crippen molar-refractivity contribution in [3.05, 3.63) is 58.1 Å². The van der Waals surface area contributed by atoms with Crippen molar-refractivity contribution in [1.82, 2.24) is 0 Å². The maximum atomic E-state index is 11.8. The summed E-state index contributed by atoms with van der Waals surface area (Å²) in [4.78, 5) is 11.8. The second kappa shape index (κ2) is 8.06. The van der Waals surface area contributed by atoms with E-state index in [-0.39, 0.29) is 5.91 Å². The van der Waals surface area contributed by atoms with Gasteiger partial charge in [0.1, 0.15) is 5.75 Å². The molecule has 0 saturated heterocycles. The molecular formula is C17H17Cl2NO2. The fourth-order valence-corrected chi connectivity index (χ4v) is 2.50. The first-order valence-corrected chi connectivity index (χ1v) is 7.74. The molecule has 0 aliphatic carbocycles. The predicted molar refractivity (Wildman–Crippen MR) is 91.0 cm³/mol. The quantitative estimate of drug-likeness (QED) is 0.744. The summed E-state index contributed by atoms with van der Waals surface area (Å²) in [6, 6.07) is 12.8. The van der Waals surface area contributed by atoms with Crippen LogP contribution in [0.3, 0.4) is 0 Å². The van der Waals surface area contributed by atoms with Gasteiger partial charge in [-0.1, -0.05) is 35.3 Å². The Bertz CT molecular complexity index is 639. The van der Waals surface area contributed by atoms with Crippen LogP contribution < -0.4 is 10.1 Å². The molecule has 0 unspecified atom stereocenters. The topological polar surface area (TPSA) is 38.3 Å². The number of ether oxygens (including phenoxy) is 1. The lowest BCUT2D eigenvalue weighted by molar-refractivity contribution is -0.116. The van der Waals surface area contributed by atoms with Gasteiger partial charge in [0.2, 0.25) is 5.91 Å². The van der Waals surface area contributed by atoms with Crippen molar-refractivity contribution in [1.29, 1.82) is 0 Å². The Morgan fingerprint density at radius 1 is 1.14 bits per heavy atom. The molecule has 0 aromatic heterocycles. The largest absolute Gasteiger partial charge is 0.494 e. The standard InChI is InChI=1S/C17H17Cl2NO2/c1-12-4-2-5-16(8-12)22-7-3-6-17(21)20-15-10-13(18)9-14(19)11-15/h2,4-5,8-11H,3,6-7H2,1H3,(H,20,21). The van der Waals surface area contributed by atoms with Crippen LogP contribution in [-0.4, -0.2) is 12.5 Å². The fraction of sp³-hybridized carbons (Fsp3) is 0.235. The molecule has 0 spiro atoms. The van der Waals surface area contributed by atoms with Crippen molar-refractivity contribution < 1.29 is 9.53 Å². The van der Waals surface area contributed by atoms with E-state index in [0.29, 0.717) is 35.2 Å². The van der Waals surface area contributed by atoms with Crippen molar-refractivity contribution in [2.24, 2.45) is 0 Å². The molecule has 0 aliphatic rings. The smallest absolute Gasteiger partial charge is 0.224 e. The third kappa shape index (κ3) is 5.58. The molecule has 5 heteroatoms. The van der Waals surface area contributed by atoms with Crippen LogP contribution in [0.5, 0.6) is 5.75 Å². The highest BCUT2D eigenvalue weighted by Gasteiger charge is 2.04. The maximum absolute atomic E-state index is 11.8. The first kappa shape index (κ1) is 16.7. The number of carbonyl (C=O) groups is 1. The summed E-state index contributed by atoms with van der Waals surface area (Å²) < 4.78 is 5.60. The molecule has 1 amide bonds. The van der Waals surface area contributed by atoms with Crippen molar-refractivity contribution in [3.63, 3.8) is 0 Å². The zero-order chi connectivity index (χ0) is 15.9. The SMILES string of the molecule is Cc1cccc(OCCCC(=O)Nc2cc(Cl)cc(Cl)c2)c1. The van der Waals surface area contributed by atoms with Gasteiger partial charge in [-0.25, -0.2) is 0 Å². The molecule has 2 aromatic rings. The van der Waals surface area contributed by atoms with E-state index in [1.165, 1.54) is 0 Å². The molecule has 3 nitrogen and oxygen atoms in total. The Balaban J connectivity index is 1.74. The summed E-state index contributed by atoms with van der Waals surface area (Å²) in [6.07, 6.45) is 1.00. The predicted octanol–water partition coefficient (Wildman–Crippen LogP) is 5.10. The molecule has 0 radical (unpaired) electrons. The summed E-state index contributed by atoms with van der Waals surface area (Å²) in [5.41, 5.74) is 1.75. The maximum Gasteiger partial charge on any atom is 0.224 e. The van der Waals surface area contributed by atoms with Crippen LogP contribution >= 0.6 is 23.2 Å². The molecule has 0 saturated carbocycles. The van der Waals surface area contributed by atoms with Gasteiger partial charge < -0.3 is 10.1 Å². The molecule has 116 valence electrons. The van der Waals surface area contributed by atoms with Crippen molar-refractivity contribution in [3.8, 4) is 5.75 Å². The van der Waals surface area contributed by atoms with Crippen molar-refractivity contribution in [2.75, 3.05) is 11.9 Å². The molecule has 2 aromatic carbocycles.